The smallest absolute Gasteiger partial charge is 0.232 e. The lowest BCUT2D eigenvalue weighted by Crippen LogP contribution is -2.42. The normalized spacial score (nSPS) is 22.4. The second-order valence-electron chi connectivity index (χ2n) is 6.04. The van der Waals surface area contributed by atoms with Gasteiger partial charge in [-0.2, -0.15) is 0 Å². The molecule has 110 valence electrons. The Kier molecular flexibility index (Phi) is 6.55. The van der Waals surface area contributed by atoms with Gasteiger partial charge in [-0.1, -0.05) is 38.5 Å². The molecule has 2 rings (SSSR count). The predicted molar refractivity (Wildman–Crippen MR) is 83.6 cm³/mol. The molecular formula is C16H29NOS. The third-order valence-corrected chi connectivity index (χ3v) is 6.03. The summed E-state index contributed by atoms with van der Waals surface area (Å²) >= 11 is 1.92. The second-order valence-corrected chi connectivity index (χ2v) is 7.33. The fraction of sp³-hybridized carbons (Fsp3) is 0.938. The van der Waals surface area contributed by atoms with Gasteiger partial charge in [0, 0.05) is 17.8 Å². The van der Waals surface area contributed by atoms with Gasteiger partial charge in [0.1, 0.15) is 0 Å². The lowest BCUT2D eigenvalue weighted by Gasteiger charge is -2.34. The number of nitrogens with zero attached hydrogens (tertiary/aromatic N) is 1. The molecule has 0 aromatic heterocycles. The molecule has 19 heavy (non-hydrogen) atoms. The molecular weight excluding hydrogens is 254 g/mol. The zero-order valence-electron chi connectivity index (χ0n) is 12.4. The van der Waals surface area contributed by atoms with Crippen LogP contribution in [0.15, 0.2) is 0 Å². The summed E-state index contributed by atoms with van der Waals surface area (Å²) in [6.07, 6.45) is 13.2. The summed E-state index contributed by atoms with van der Waals surface area (Å²) in [5.74, 6) is 1.11. The van der Waals surface area contributed by atoms with Crippen LogP contribution < -0.4 is 0 Å². The maximum Gasteiger partial charge on any atom is 0.232 e. The van der Waals surface area contributed by atoms with Crippen LogP contribution in [-0.2, 0) is 4.79 Å². The number of hydrogen-bond acceptors (Lipinski definition) is 2. The average molecular weight is 283 g/mol. The molecule has 2 saturated carbocycles. The third kappa shape index (κ3) is 4.70. The summed E-state index contributed by atoms with van der Waals surface area (Å²) in [6.45, 7) is 3.03. The first kappa shape index (κ1) is 15.2. The van der Waals surface area contributed by atoms with E-state index in [1.807, 2.05) is 11.8 Å². The van der Waals surface area contributed by atoms with Crippen LogP contribution in [0.2, 0.25) is 0 Å². The summed E-state index contributed by atoms with van der Waals surface area (Å²) in [7, 11) is 0. The van der Waals surface area contributed by atoms with Gasteiger partial charge in [0.15, 0.2) is 0 Å². The van der Waals surface area contributed by atoms with E-state index in [1.165, 1.54) is 64.2 Å². The SMILES string of the molecule is CCN(C(=O)CSC1CCCCC1)C1CCCCC1. The lowest BCUT2D eigenvalue weighted by molar-refractivity contribution is -0.131. The van der Waals surface area contributed by atoms with Crippen molar-refractivity contribution >= 4 is 17.7 Å². The summed E-state index contributed by atoms with van der Waals surface area (Å²) in [4.78, 5) is 14.6. The zero-order valence-corrected chi connectivity index (χ0v) is 13.2. The van der Waals surface area contributed by atoms with Crippen LogP contribution >= 0.6 is 11.8 Å². The number of carbonyl (C=O) groups excluding carboxylic acids is 1. The number of hydrogen-bond donors (Lipinski definition) is 0. The molecule has 1 amide bonds. The van der Waals surface area contributed by atoms with Crippen LogP contribution in [0.4, 0.5) is 0 Å². The van der Waals surface area contributed by atoms with Crippen molar-refractivity contribution in [3.05, 3.63) is 0 Å². The zero-order chi connectivity index (χ0) is 13.5. The summed E-state index contributed by atoms with van der Waals surface area (Å²) < 4.78 is 0. The van der Waals surface area contributed by atoms with Gasteiger partial charge in [0.2, 0.25) is 5.91 Å². The molecule has 2 fully saturated rings. The first-order valence-corrected chi connectivity index (χ1v) is 9.27. The Morgan fingerprint density at radius 1 is 1.00 bits per heavy atom. The molecule has 0 saturated heterocycles. The Hall–Kier alpha value is -0.180. The van der Waals surface area contributed by atoms with Crippen LogP contribution in [0.25, 0.3) is 0 Å². The van der Waals surface area contributed by atoms with Gasteiger partial charge in [-0.25, -0.2) is 0 Å². The molecule has 3 heteroatoms. The van der Waals surface area contributed by atoms with Crippen LogP contribution in [0.3, 0.4) is 0 Å². The summed E-state index contributed by atoms with van der Waals surface area (Å²) in [6, 6.07) is 0.540. The van der Waals surface area contributed by atoms with Crippen LogP contribution in [0.1, 0.15) is 71.1 Å². The van der Waals surface area contributed by atoms with E-state index in [-0.39, 0.29) is 0 Å². The maximum absolute atomic E-state index is 12.4. The van der Waals surface area contributed by atoms with Gasteiger partial charge >= 0.3 is 0 Å². The molecule has 2 aliphatic carbocycles. The fourth-order valence-electron chi connectivity index (χ4n) is 3.53. The Labute approximate surface area is 122 Å². The second kappa shape index (κ2) is 8.18. The first-order valence-electron chi connectivity index (χ1n) is 8.22. The highest BCUT2D eigenvalue weighted by Crippen LogP contribution is 2.29. The van der Waals surface area contributed by atoms with E-state index >= 15 is 0 Å². The molecule has 0 spiro atoms. The van der Waals surface area contributed by atoms with Gasteiger partial charge < -0.3 is 4.90 Å². The van der Waals surface area contributed by atoms with Gasteiger partial charge in [-0.3, -0.25) is 4.79 Å². The highest BCUT2D eigenvalue weighted by atomic mass is 32.2. The van der Waals surface area contributed by atoms with Crippen molar-refractivity contribution in [3.8, 4) is 0 Å². The minimum atomic E-state index is 0.393. The van der Waals surface area contributed by atoms with E-state index in [1.54, 1.807) is 0 Å². The van der Waals surface area contributed by atoms with E-state index in [4.69, 9.17) is 0 Å². The lowest BCUT2D eigenvalue weighted by atomic mass is 9.94. The van der Waals surface area contributed by atoms with E-state index in [0.29, 0.717) is 11.9 Å². The highest BCUT2D eigenvalue weighted by Gasteiger charge is 2.24. The van der Waals surface area contributed by atoms with Gasteiger partial charge in [0.05, 0.1) is 5.75 Å². The van der Waals surface area contributed by atoms with E-state index in [2.05, 4.69) is 11.8 Å². The molecule has 0 unspecified atom stereocenters. The van der Waals surface area contributed by atoms with Crippen LogP contribution in [0.5, 0.6) is 0 Å². The van der Waals surface area contributed by atoms with Crippen molar-refractivity contribution in [2.75, 3.05) is 12.3 Å². The van der Waals surface area contributed by atoms with Crippen molar-refractivity contribution < 1.29 is 4.79 Å². The molecule has 2 aliphatic rings. The standard InChI is InChI=1S/C16H29NOS/c1-2-17(14-9-5-3-6-10-14)16(18)13-19-15-11-7-4-8-12-15/h14-15H,2-13H2,1H3. The third-order valence-electron chi connectivity index (χ3n) is 4.67. The minimum Gasteiger partial charge on any atom is -0.339 e. The fourth-order valence-corrected chi connectivity index (χ4v) is 4.75. The van der Waals surface area contributed by atoms with Crippen molar-refractivity contribution in [1.29, 1.82) is 0 Å². The van der Waals surface area contributed by atoms with Crippen LogP contribution in [0, 0.1) is 0 Å². The Balaban J connectivity index is 1.75. The molecule has 0 atom stereocenters. The maximum atomic E-state index is 12.4. The topological polar surface area (TPSA) is 20.3 Å². The van der Waals surface area contributed by atoms with Gasteiger partial charge in [0.25, 0.3) is 0 Å². The van der Waals surface area contributed by atoms with Gasteiger partial charge in [-0.15, -0.1) is 11.8 Å². The molecule has 0 N–H and O–H groups in total. The van der Waals surface area contributed by atoms with Crippen molar-refractivity contribution in [3.63, 3.8) is 0 Å². The molecule has 0 radical (unpaired) electrons. The Morgan fingerprint density at radius 2 is 1.58 bits per heavy atom. The molecule has 2 nitrogen and oxygen atoms in total. The van der Waals surface area contributed by atoms with Crippen molar-refractivity contribution in [1.82, 2.24) is 4.90 Å². The Morgan fingerprint density at radius 3 is 2.16 bits per heavy atom. The summed E-state index contributed by atoms with van der Waals surface area (Å²) in [5.41, 5.74) is 0. The average Bonchev–Trinajstić information content (AvgIpc) is 2.48. The van der Waals surface area contributed by atoms with Crippen molar-refractivity contribution in [2.24, 2.45) is 0 Å². The van der Waals surface area contributed by atoms with Gasteiger partial charge in [-0.05, 0) is 32.6 Å². The number of rotatable bonds is 5. The van der Waals surface area contributed by atoms with E-state index in [0.717, 1.165) is 17.5 Å². The minimum absolute atomic E-state index is 0.393. The molecule has 0 aromatic carbocycles. The van der Waals surface area contributed by atoms with E-state index in [9.17, 15) is 4.79 Å². The number of thioether (sulfide) groups is 1. The molecule has 0 aromatic rings. The molecule has 0 heterocycles. The quantitative estimate of drug-likeness (QED) is 0.752. The number of amides is 1. The largest absolute Gasteiger partial charge is 0.339 e. The molecule has 0 aliphatic heterocycles. The van der Waals surface area contributed by atoms with E-state index < -0.39 is 0 Å². The number of carbonyl (C=O) groups is 1. The predicted octanol–water partition coefficient (Wildman–Crippen LogP) is 4.23. The molecule has 0 bridgehead atoms. The van der Waals surface area contributed by atoms with Crippen LogP contribution in [-0.4, -0.2) is 34.4 Å². The highest BCUT2D eigenvalue weighted by molar-refractivity contribution is 8.00. The Bertz CT molecular complexity index is 270. The van der Waals surface area contributed by atoms with Crippen molar-refractivity contribution in [2.45, 2.75) is 82.4 Å². The monoisotopic (exact) mass is 283 g/mol. The first-order chi connectivity index (χ1) is 9.31. The summed E-state index contributed by atoms with van der Waals surface area (Å²) in [5, 5.41) is 0.753.